The quantitative estimate of drug-likeness (QED) is 0.874. The number of rotatable bonds is 3. The van der Waals surface area contributed by atoms with Gasteiger partial charge in [-0.1, -0.05) is 12.8 Å². The third-order valence-electron chi connectivity index (χ3n) is 3.77. The summed E-state index contributed by atoms with van der Waals surface area (Å²) in [5.41, 5.74) is 6.60. The van der Waals surface area contributed by atoms with Crippen LogP contribution in [0.25, 0.3) is 0 Å². The maximum absolute atomic E-state index is 12.0. The van der Waals surface area contributed by atoms with Crippen LogP contribution in [0.15, 0.2) is 18.2 Å². The van der Waals surface area contributed by atoms with E-state index in [9.17, 15) is 4.79 Å². The standard InChI is InChI=1S/C14H18N2O3/c15-14(5-1-2-6-14)8-13(17)16-10-3-4-11-12(7-10)19-9-18-11/h3-4,7H,1-2,5-6,8-9,15H2,(H,16,17). The van der Waals surface area contributed by atoms with Crippen molar-refractivity contribution >= 4 is 11.6 Å². The summed E-state index contributed by atoms with van der Waals surface area (Å²) in [4.78, 5) is 12.0. The van der Waals surface area contributed by atoms with Crippen LogP contribution in [0, 0.1) is 0 Å². The van der Waals surface area contributed by atoms with E-state index in [1.807, 2.05) is 6.07 Å². The van der Waals surface area contributed by atoms with E-state index in [2.05, 4.69) is 5.32 Å². The molecule has 3 N–H and O–H groups in total. The molecule has 102 valence electrons. The van der Waals surface area contributed by atoms with Crippen molar-refractivity contribution in [2.45, 2.75) is 37.6 Å². The summed E-state index contributed by atoms with van der Waals surface area (Å²) < 4.78 is 10.5. The van der Waals surface area contributed by atoms with E-state index < -0.39 is 0 Å². The summed E-state index contributed by atoms with van der Waals surface area (Å²) in [6.07, 6.45) is 4.48. The molecule has 0 atom stereocenters. The summed E-state index contributed by atoms with van der Waals surface area (Å²) >= 11 is 0. The lowest BCUT2D eigenvalue weighted by atomic mass is 9.94. The number of amides is 1. The first-order chi connectivity index (χ1) is 9.15. The third kappa shape index (κ3) is 2.66. The number of benzene rings is 1. The summed E-state index contributed by atoms with van der Waals surface area (Å²) in [5, 5.41) is 2.87. The van der Waals surface area contributed by atoms with Gasteiger partial charge in [-0.3, -0.25) is 4.79 Å². The third-order valence-corrected chi connectivity index (χ3v) is 3.77. The van der Waals surface area contributed by atoms with Gasteiger partial charge in [0.2, 0.25) is 12.7 Å². The number of carbonyl (C=O) groups excluding carboxylic acids is 1. The maximum atomic E-state index is 12.0. The van der Waals surface area contributed by atoms with Crippen LogP contribution in [0.5, 0.6) is 11.5 Å². The molecule has 1 aromatic rings. The van der Waals surface area contributed by atoms with Crippen LogP contribution in [0.1, 0.15) is 32.1 Å². The van der Waals surface area contributed by atoms with Gasteiger partial charge in [0.15, 0.2) is 11.5 Å². The van der Waals surface area contributed by atoms with Gasteiger partial charge in [-0.15, -0.1) is 0 Å². The fraction of sp³-hybridized carbons (Fsp3) is 0.500. The first-order valence-electron chi connectivity index (χ1n) is 6.63. The second-order valence-electron chi connectivity index (χ2n) is 5.36. The Kier molecular flexibility index (Phi) is 3.06. The molecule has 1 fully saturated rings. The highest BCUT2D eigenvalue weighted by Crippen LogP contribution is 2.35. The van der Waals surface area contributed by atoms with Crippen LogP contribution in [0.3, 0.4) is 0 Å². The Morgan fingerprint density at radius 3 is 2.79 bits per heavy atom. The Bertz CT molecular complexity index is 495. The summed E-state index contributed by atoms with van der Waals surface area (Å²) in [6, 6.07) is 5.38. The fourth-order valence-electron chi connectivity index (χ4n) is 2.76. The summed E-state index contributed by atoms with van der Waals surface area (Å²) in [6.45, 7) is 0.235. The van der Waals surface area contributed by atoms with Crippen molar-refractivity contribution < 1.29 is 14.3 Å². The molecular weight excluding hydrogens is 244 g/mol. The van der Waals surface area contributed by atoms with Crippen molar-refractivity contribution in [2.24, 2.45) is 5.73 Å². The second-order valence-corrected chi connectivity index (χ2v) is 5.36. The average Bonchev–Trinajstić information content (AvgIpc) is 2.97. The summed E-state index contributed by atoms with van der Waals surface area (Å²) in [7, 11) is 0. The minimum Gasteiger partial charge on any atom is -0.454 e. The van der Waals surface area contributed by atoms with Gasteiger partial charge in [0, 0.05) is 23.7 Å². The molecule has 5 nitrogen and oxygen atoms in total. The van der Waals surface area contributed by atoms with E-state index in [0.717, 1.165) is 31.4 Å². The Labute approximate surface area is 112 Å². The topological polar surface area (TPSA) is 73.6 Å². The zero-order valence-corrected chi connectivity index (χ0v) is 10.8. The highest BCUT2D eigenvalue weighted by atomic mass is 16.7. The van der Waals surface area contributed by atoms with Crippen LogP contribution in [-0.4, -0.2) is 18.2 Å². The molecule has 2 aliphatic rings. The number of hydrogen-bond donors (Lipinski definition) is 2. The van der Waals surface area contributed by atoms with E-state index in [1.54, 1.807) is 12.1 Å². The smallest absolute Gasteiger partial charge is 0.231 e. The van der Waals surface area contributed by atoms with E-state index >= 15 is 0 Å². The Morgan fingerprint density at radius 1 is 1.26 bits per heavy atom. The van der Waals surface area contributed by atoms with Crippen LogP contribution >= 0.6 is 0 Å². The predicted octanol–water partition coefficient (Wildman–Crippen LogP) is 2.02. The SMILES string of the molecule is NC1(CC(=O)Nc2ccc3c(c2)OCO3)CCCC1. The van der Waals surface area contributed by atoms with Crippen LogP contribution in [0.4, 0.5) is 5.69 Å². The highest BCUT2D eigenvalue weighted by molar-refractivity contribution is 5.91. The average molecular weight is 262 g/mol. The van der Waals surface area contributed by atoms with Gasteiger partial charge in [0.05, 0.1) is 0 Å². The molecule has 3 rings (SSSR count). The molecule has 0 unspecified atom stereocenters. The maximum Gasteiger partial charge on any atom is 0.231 e. The van der Waals surface area contributed by atoms with Crippen molar-refractivity contribution in [1.82, 2.24) is 0 Å². The summed E-state index contributed by atoms with van der Waals surface area (Å²) in [5.74, 6) is 1.34. The molecule has 1 heterocycles. The molecule has 1 saturated carbocycles. The fourth-order valence-corrected chi connectivity index (χ4v) is 2.76. The monoisotopic (exact) mass is 262 g/mol. The van der Waals surface area contributed by atoms with Gasteiger partial charge < -0.3 is 20.5 Å². The molecule has 0 saturated heterocycles. The lowest BCUT2D eigenvalue weighted by molar-refractivity contribution is -0.117. The Morgan fingerprint density at radius 2 is 2.00 bits per heavy atom. The number of hydrogen-bond acceptors (Lipinski definition) is 4. The minimum absolute atomic E-state index is 0.0386. The van der Waals surface area contributed by atoms with E-state index in [0.29, 0.717) is 17.9 Å². The normalized spacial score (nSPS) is 19.4. The molecule has 5 heteroatoms. The second kappa shape index (κ2) is 4.74. The first kappa shape index (κ1) is 12.3. The van der Waals surface area contributed by atoms with Crippen molar-refractivity contribution in [1.29, 1.82) is 0 Å². The highest BCUT2D eigenvalue weighted by Gasteiger charge is 2.31. The Hall–Kier alpha value is -1.75. The number of carbonyl (C=O) groups is 1. The van der Waals surface area contributed by atoms with Crippen LogP contribution < -0.4 is 20.5 Å². The molecular formula is C14H18N2O3. The zero-order chi connectivity index (χ0) is 13.3. The molecule has 1 amide bonds. The van der Waals surface area contributed by atoms with Crippen molar-refractivity contribution in [3.8, 4) is 11.5 Å². The molecule has 1 aliphatic heterocycles. The molecule has 0 aromatic heterocycles. The largest absolute Gasteiger partial charge is 0.454 e. The van der Waals surface area contributed by atoms with Gasteiger partial charge in [-0.2, -0.15) is 0 Å². The number of anilines is 1. The number of nitrogens with one attached hydrogen (secondary N) is 1. The van der Waals surface area contributed by atoms with Crippen molar-refractivity contribution in [3.63, 3.8) is 0 Å². The minimum atomic E-state index is -0.319. The van der Waals surface area contributed by atoms with Crippen LogP contribution in [-0.2, 0) is 4.79 Å². The predicted molar refractivity (Wildman–Crippen MR) is 71.2 cm³/mol. The number of nitrogens with two attached hydrogens (primary N) is 1. The van der Waals surface area contributed by atoms with Crippen LogP contribution in [0.2, 0.25) is 0 Å². The van der Waals surface area contributed by atoms with Gasteiger partial charge in [0.1, 0.15) is 0 Å². The molecule has 1 aliphatic carbocycles. The van der Waals surface area contributed by atoms with E-state index in [1.165, 1.54) is 0 Å². The van der Waals surface area contributed by atoms with Crippen molar-refractivity contribution in [2.75, 3.05) is 12.1 Å². The van der Waals surface area contributed by atoms with Gasteiger partial charge in [0.25, 0.3) is 0 Å². The zero-order valence-electron chi connectivity index (χ0n) is 10.8. The molecule has 1 aromatic carbocycles. The van der Waals surface area contributed by atoms with Crippen molar-refractivity contribution in [3.05, 3.63) is 18.2 Å². The molecule has 0 bridgehead atoms. The first-order valence-corrected chi connectivity index (χ1v) is 6.63. The van der Waals surface area contributed by atoms with E-state index in [-0.39, 0.29) is 18.2 Å². The molecule has 0 radical (unpaired) electrons. The lowest BCUT2D eigenvalue weighted by Gasteiger charge is -2.22. The number of fused-ring (bicyclic) bond motifs is 1. The molecule has 0 spiro atoms. The van der Waals surface area contributed by atoms with Gasteiger partial charge in [-0.05, 0) is 25.0 Å². The number of ether oxygens (including phenoxy) is 2. The van der Waals surface area contributed by atoms with E-state index in [4.69, 9.17) is 15.2 Å². The Balaban J connectivity index is 1.63. The van der Waals surface area contributed by atoms with Gasteiger partial charge in [-0.25, -0.2) is 0 Å². The van der Waals surface area contributed by atoms with Gasteiger partial charge >= 0.3 is 0 Å². The molecule has 19 heavy (non-hydrogen) atoms. The lowest BCUT2D eigenvalue weighted by Crippen LogP contribution is -2.40.